The van der Waals surface area contributed by atoms with Gasteiger partial charge in [-0.3, -0.25) is 14.9 Å². The number of hydrogen-bond donors (Lipinski definition) is 2. The molecule has 0 unspecified atom stereocenters. The van der Waals surface area contributed by atoms with Gasteiger partial charge in [-0.05, 0) is 37.9 Å². The maximum absolute atomic E-state index is 13.6. The maximum Gasteiger partial charge on any atom is 0.295 e. The van der Waals surface area contributed by atoms with Crippen molar-refractivity contribution >= 4 is 17.3 Å². The molecule has 0 saturated carbocycles. The van der Waals surface area contributed by atoms with Gasteiger partial charge in [0.2, 0.25) is 5.91 Å². The van der Waals surface area contributed by atoms with E-state index in [1.54, 1.807) is 0 Å². The molecule has 1 fully saturated rings. The Morgan fingerprint density at radius 2 is 2.15 bits per heavy atom. The normalized spacial score (nSPS) is 15.8. The van der Waals surface area contributed by atoms with Gasteiger partial charge in [-0.25, -0.2) is 4.39 Å². The van der Waals surface area contributed by atoms with Crippen LogP contribution in [0.1, 0.15) is 19.3 Å². The Labute approximate surface area is 115 Å². The minimum absolute atomic E-state index is 0.238. The molecule has 2 N–H and O–H groups in total. The third kappa shape index (κ3) is 3.51. The molecule has 7 heteroatoms. The quantitative estimate of drug-likeness (QED) is 0.653. The predicted octanol–water partition coefficient (Wildman–Crippen LogP) is 2.06. The highest BCUT2D eigenvalue weighted by Crippen LogP contribution is 2.27. The Hall–Kier alpha value is -2.02. The standard InChI is InChI=1S/C13H16FN3O3/c14-10-2-1-3-11(17(19)20)13(10)16-12(18)8-9-4-6-15-7-5-9/h1-3,9,15H,4-8H2,(H,16,18). The zero-order chi connectivity index (χ0) is 14.5. The highest BCUT2D eigenvalue weighted by atomic mass is 19.1. The van der Waals surface area contributed by atoms with E-state index in [1.807, 2.05) is 0 Å². The number of nitro benzene ring substituents is 1. The minimum atomic E-state index is -0.794. The van der Waals surface area contributed by atoms with E-state index in [9.17, 15) is 19.3 Å². The van der Waals surface area contributed by atoms with Crippen molar-refractivity contribution in [3.8, 4) is 0 Å². The van der Waals surface area contributed by atoms with Crippen LogP contribution < -0.4 is 10.6 Å². The Morgan fingerprint density at radius 3 is 2.80 bits per heavy atom. The SMILES string of the molecule is O=C(CC1CCNCC1)Nc1c(F)cccc1[N+](=O)[O-]. The number of hydrogen-bond acceptors (Lipinski definition) is 4. The summed E-state index contributed by atoms with van der Waals surface area (Å²) in [6.07, 6.45) is 2.02. The van der Waals surface area contributed by atoms with Crippen molar-refractivity contribution in [3.05, 3.63) is 34.1 Å². The lowest BCUT2D eigenvalue weighted by atomic mass is 9.94. The first kappa shape index (κ1) is 14.4. The molecular weight excluding hydrogens is 265 g/mol. The maximum atomic E-state index is 13.6. The minimum Gasteiger partial charge on any atom is -0.318 e. The molecule has 2 rings (SSSR count). The largest absolute Gasteiger partial charge is 0.318 e. The summed E-state index contributed by atoms with van der Waals surface area (Å²) in [6, 6.07) is 3.51. The first-order chi connectivity index (χ1) is 9.58. The first-order valence-electron chi connectivity index (χ1n) is 6.51. The van der Waals surface area contributed by atoms with Crippen LogP contribution in [0, 0.1) is 21.8 Å². The highest BCUT2D eigenvalue weighted by Gasteiger charge is 2.22. The third-order valence-electron chi connectivity index (χ3n) is 3.39. The fourth-order valence-electron chi connectivity index (χ4n) is 2.33. The number of halogens is 1. The van der Waals surface area contributed by atoms with Gasteiger partial charge in [0.15, 0.2) is 11.5 Å². The Morgan fingerprint density at radius 1 is 1.45 bits per heavy atom. The van der Waals surface area contributed by atoms with Crippen molar-refractivity contribution in [3.63, 3.8) is 0 Å². The van der Waals surface area contributed by atoms with Gasteiger partial charge in [-0.1, -0.05) is 6.07 Å². The van der Waals surface area contributed by atoms with E-state index in [0.29, 0.717) is 0 Å². The summed E-state index contributed by atoms with van der Waals surface area (Å²) in [7, 11) is 0. The summed E-state index contributed by atoms with van der Waals surface area (Å²) in [5, 5.41) is 16.3. The van der Waals surface area contributed by atoms with E-state index >= 15 is 0 Å². The Bertz CT molecular complexity index is 516. The lowest BCUT2D eigenvalue weighted by Crippen LogP contribution is -2.30. The van der Waals surface area contributed by atoms with Crippen molar-refractivity contribution in [2.45, 2.75) is 19.3 Å². The van der Waals surface area contributed by atoms with Crippen LogP contribution in [0.25, 0.3) is 0 Å². The summed E-state index contributed by atoms with van der Waals surface area (Å²) in [6.45, 7) is 1.72. The number of carbonyl (C=O) groups is 1. The summed E-state index contributed by atoms with van der Waals surface area (Å²) < 4.78 is 13.6. The number of piperidine rings is 1. The second-order valence-corrected chi connectivity index (χ2v) is 4.84. The second-order valence-electron chi connectivity index (χ2n) is 4.84. The number of anilines is 1. The van der Waals surface area contributed by atoms with Crippen molar-refractivity contribution < 1.29 is 14.1 Å². The van der Waals surface area contributed by atoms with Gasteiger partial charge >= 0.3 is 0 Å². The van der Waals surface area contributed by atoms with Gasteiger partial charge in [0, 0.05) is 12.5 Å². The average Bonchev–Trinajstić information content (AvgIpc) is 2.42. The molecule has 0 aliphatic carbocycles. The van der Waals surface area contributed by atoms with E-state index in [4.69, 9.17) is 0 Å². The molecule has 1 aromatic rings. The van der Waals surface area contributed by atoms with E-state index in [0.717, 1.165) is 32.0 Å². The molecule has 0 aromatic heterocycles. The van der Waals surface area contributed by atoms with Crippen LogP contribution in [0.4, 0.5) is 15.8 Å². The fraction of sp³-hybridized carbons (Fsp3) is 0.462. The van der Waals surface area contributed by atoms with E-state index in [-0.39, 0.29) is 23.9 Å². The van der Waals surface area contributed by atoms with Gasteiger partial charge in [0.05, 0.1) is 4.92 Å². The fourth-order valence-corrected chi connectivity index (χ4v) is 2.33. The van der Waals surface area contributed by atoms with Crippen LogP contribution in [0.15, 0.2) is 18.2 Å². The molecule has 0 atom stereocenters. The van der Waals surface area contributed by atoms with Crippen LogP contribution in [0.2, 0.25) is 0 Å². The van der Waals surface area contributed by atoms with Crippen molar-refractivity contribution in [1.82, 2.24) is 5.32 Å². The van der Waals surface area contributed by atoms with E-state index < -0.39 is 16.4 Å². The van der Waals surface area contributed by atoms with Crippen LogP contribution >= 0.6 is 0 Å². The van der Waals surface area contributed by atoms with Crippen LogP contribution in [0.5, 0.6) is 0 Å². The number of nitro groups is 1. The number of amides is 1. The molecule has 0 radical (unpaired) electrons. The first-order valence-corrected chi connectivity index (χ1v) is 6.51. The zero-order valence-corrected chi connectivity index (χ0v) is 10.9. The lowest BCUT2D eigenvalue weighted by Gasteiger charge is -2.21. The predicted molar refractivity (Wildman–Crippen MR) is 71.9 cm³/mol. The molecule has 1 saturated heterocycles. The molecule has 1 amide bonds. The van der Waals surface area contributed by atoms with Gasteiger partial charge in [0.25, 0.3) is 5.69 Å². The topological polar surface area (TPSA) is 84.3 Å². The molecule has 0 spiro atoms. The van der Waals surface area contributed by atoms with Crippen molar-refractivity contribution in [1.29, 1.82) is 0 Å². The van der Waals surface area contributed by atoms with E-state index in [2.05, 4.69) is 10.6 Å². The van der Waals surface area contributed by atoms with E-state index in [1.165, 1.54) is 12.1 Å². The van der Waals surface area contributed by atoms with Crippen LogP contribution in [-0.4, -0.2) is 23.9 Å². The molecule has 1 aliphatic heterocycles. The number of rotatable bonds is 4. The Kier molecular flexibility index (Phi) is 4.62. The molecule has 1 heterocycles. The molecule has 108 valence electrons. The smallest absolute Gasteiger partial charge is 0.295 e. The highest BCUT2D eigenvalue weighted by molar-refractivity contribution is 5.93. The number of carbonyl (C=O) groups excluding carboxylic acids is 1. The zero-order valence-electron chi connectivity index (χ0n) is 10.9. The number of para-hydroxylation sites is 1. The molecule has 0 bridgehead atoms. The molecule has 1 aromatic carbocycles. The molecular formula is C13H16FN3O3. The summed E-state index contributed by atoms with van der Waals surface area (Å²) in [5.41, 5.74) is -0.778. The van der Waals surface area contributed by atoms with Gasteiger partial charge in [-0.2, -0.15) is 0 Å². The molecule has 1 aliphatic rings. The second kappa shape index (κ2) is 6.42. The average molecular weight is 281 g/mol. The summed E-state index contributed by atoms with van der Waals surface area (Å²) in [4.78, 5) is 22.0. The van der Waals surface area contributed by atoms with Crippen LogP contribution in [-0.2, 0) is 4.79 Å². The van der Waals surface area contributed by atoms with Gasteiger partial charge in [-0.15, -0.1) is 0 Å². The lowest BCUT2D eigenvalue weighted by molar-refractivity contribution is -0.384. The van der Waals surface area contributed by atoms with Crippen molar-refractivity contribution in [2.75, 3.05) is 18.4 Å². The molecule has 6 nitrogen and oxygen atoms in total. The monoisotopic (exact) mass is 281 g/mol. The van der Waals surface area contributed by atoms with Crippen molar-refractivity contribution in [2.24, 2.45) is 5.92 Å². The summed E-state index contributed by atoms with van der Waals surface area (Å²) in [5.74, 6) is -0.940. The third-order valence-corrected chi connectivity index (χ3v) is 3.39. The van der Waals surface area contributed by atoms with Gasteiger partial charge < -0.3 is 10.6 Å². The number of nitrogens with one attached hydrogen (secondary N) is 2. The van der Waals surface area contributed by atoms with Crippen LogP contribution in [0.3, 0.4) is 0 Å². The van der Waals surface area contributed by atoms with Gasteiger partial charge in [0.1, 0.15) is 0 Å². The summed E-state index contributed by atoms with van der Waals surface area (Å²) >= 11 is 0. The number of nitrogens with zero attached hydrogens (tertiary/aromatic N) is 1. The molecule has 20 heavy (non-hydrogen) atoms. The Balaban J connectivity index is 2.05. The number of benzene rings is 1.